The molecule has 3 unspecified atom stereocenters. The minimum atomic E-state index is -4.09. The molecule has 0 spiro atoms. The number of halogens is 1. The first kappa shape index (κ1) is 25.5. The summed E-state index contributed by atoms with van der Waals surface area (Å²) < 4.78 is 46.9. The topological polar surface area (TPSA) is 160 Å². The summed E-state index contributed by atoms with van der Waals surface area (Å²) in [6.45, 7) is 3.26. The van der Waals surface area contributed by atoms with Gasteiger partial charge < -0.3 is 14.0 Å². The van der Waals surface area contributed by atoms with E-state index >= 15 is 0 Å². The zero-order valence-electron chi connectivity index (χ0n) is 19.7. The second-order valence-electron chi connectivity index (χ2n) is 7.64. The average molecular weight is 535 g/mol. The summed E-state index contributed by atoms with van der Waals surface area (Å²) in [5, 5.41) is 11.3. The lowest BCUT2D eigenvalue weighted by Crippen LogP contribution is -2.33. The van der Waals surface area contributed by atoms with Gasteiger partial charge in [-0.3, -0.25) is 9.29 Å². The molecule has 4 aromatic rings. The van der Waals surface area contributed by atoms with Crippen LogP contribution in [0.3, 0.4) is 0 Å². The molecule has 4 rings (SSSR count). The number of methoxy groups -OCH3 is 2. The van der Waals surface area contributed by atoms with Crippen molar-refractivity contribution < 1.29 is 22.4 Å². The van der Waals surface area contributed by atoms with Crippen LogP contribution in [0.1, 0.15) is 37.6 Å². The molecule has 3 atom stereocenters. The SMILES string of the molecule is COc1cccc(-c2nnc(NS(=O)(=O)C(C)C(OC)c3ncc(Cl)cn3)n2C(C)c2ccno2)n1. The fourth-order valence-electron chi connectivity index (χ4n) is 3.48. The maximum atomic E-state index is 13.4. The second-order valence-corrected chi connectivity index (χ2v) is 10.1. The van der Waals surface area contributed by atoms with E-state index in [1.165, 1.54) is 39.7 Å². The van der Waals surface area contributed by atoms with Crippen LogP contribution in [0, 0.1) is 0 Å². The number of anilines is 1. The van der Waals surface area contributed by atoms with Gasteiger partial charge in [-0.15, -0.1) is 10.2 Å². The van der Waals surface area contributed by atoms with Crippen molar-refractivity contribution in [3.63, 3.8) is 0 Å². The fraction of sp³-hybridized carbons (Fsp3) is 0.333. The zero-order valence-corrected chi connectivity index (χ0v) is 21.3. The maximum absolute atomic E-state index is 13.4. The number of hydrogen-bond acceptors (Lipinski definition) is 11. The predicted molar refractivity (Wildman–Crippen MR) is 129 cm³/mol. The van der Waals surface area contributed by atoms with E-state index in [0.717, 1.165) is 0 Å². The number of nitrogens with one attached hydrogen (secondary N) is 1. The Bertz CT molecular complexity index is 1410. The standard InChI is InChI=1S/C21H23ClN8O5S/c1-12(16-8-9-25-35-16)30-20(15-6-5-7-17(26-15)33-3)27-28-21(30)29-36(31,32)13(2)18(34-4)19-23-10-14(22)11-24-19/h5-13,18H,1-4H3,(H,28,29). The van der Waals surface area contributed by atoms with E-state index < -0.39 is 27.4 Å². The van der Waals surface area contributed by atoms with Gasteiger partial charge in [0, 0.05) is 31.6 Å². The molecule has 0 bridgehead atoms. The molecule has 36 heavy (non-hydrogen) atoms. The van der Waals surface area contributed by atoms with E-state index in [0.29, 0.717) is 22.4 Å². The number of hydrogen-bond donors (Lipinski definition) is 1. The van der Waals surface area contributed by atoms with Gasteiger partial charge in [-0.25, -0.2) is 23.4 Å². The molecule has 0 amide bonds. The first-order valence-electron chi connectivity index (χ1n) is 10.6. The summed E-state index contributed by atoms with van der Waals surface area (Å²) in [5.41, 5.74) is 0.413. The number of sulfonamides is 1. The molecule has 4 aromatic heterocycles. The monoisotopic (exact) mass is 534 g/mol. The van der Waals surface area contributed by atoms with Gasteiger partial charge in [-0.05, 0) is 19.9 Å². The molecule has 0 saturated heterocycles. The molecular weight excluding hydrogens is 512 g/mol. The lowest BCUT2D eigenvalue weighted by Gasteiger charge is -2.23. The third-order valence-corrected chi connectivity index (χ3v) is 7.30. The van der Waals surface area contributed by atoms with Crippen molar-refractivity contribution in [3.8, 4) is 17.4 Å². The van der Waals surface area contributed by atoms with E-state index in [9.17, 15) is 8.42 Å². The first-order valence-corrected chi connectivity index (χ1v) is 12.6. The highest BCUT2D eigenvalue weighted by atomic mass is 35.5. The van der Waals surface area contributed by atoms with E-state index in [1.807, 2.05) is 0 Å². The van der Waals surface area contributed by atoms with Gasteiger partial charge >= 0.3 is 0 Å². The molecule has 0 fully saturated rings. The van der Waals surface area contributed by atoms with Crippen LogP contribution in [0.25, 0.3) is 11.5 Å². The lowest BCUT2D eigenvalue weighted by atomic mass is 10.2. The highest BCUT2D eigenvalue weighted by Gasteiger charge is 2.35. The summed E-state index contributed by atoms with van der Waals surface area (Å²) in [6, 6.07) is 6.24. The van der Waals surface area contributed by atoms with Crippen molar-refractivity contribution in [1.82, 2.24) is 34.9 Å². The molecule has 0 aromatic carbocycles. The smallest absolute Gasteiger partial charge is 0.240 e. The molecule has 1 N–H and O–H groups in total. The Morgan fingerprint density at radius 2 is 1.86 bits per heavy atom. The van der Waals surface area contributed by atoms with Crippen molar-refractivity contribution in [3.05, 3.63) is 59.5 Å². The van der Waals surface area contributed by atoms with Gasteiger partial charge in [0.1, 0.15) is 17.0 Å². The number of ether oxygens (including phenoxy) is 2. The lowest BCUT2D eigenvalue weighted by molar-refractivity contribution is 0.0950. The van der Waals surface area contributed by atoms with Crippen molar-refractivity contribution in [2.75, 3.05) is 18.9 Å². The highest BCUT2D eigenvalue weighted by molar-refractivity contribution is 7.93. The summed E-state index contributed by atoms with van der Waals surface area (Å²) in [5.74, 6) is 1.20. The average Bonchev–Trinajstić information content (AvgIpc) is 3.55. The van der Waals surface area contributed by atoms with Crippen LogP contribution >= 0.6 is 11.6 Å². The Labute approximate surface area is 211 Å². The largest absolute Gasteiger partial charge is 0.481 e. The molecule has 0 aliphatic carbocycles. The van der Waals surface area contributed by atoms with E-state index in [1.54, 1.807) is 35.8 Å². The maximum Gasteiger partial charge on any atom is 0.240 e. The molecule has 15 heteroatoms. The predicted octanol–water partition coefficient (Wildman–Crippen LogP) is 2.91. The molecule has 0 aliphatic rings. The Hall–Kier alpha value is -3.62. The van der Waals surface area contributed by atoms with Gasteiger partial charge in [0.25, 0.3) is 0 Å². The quantitative estimate of drug-likeness (QED) is 0.318. The minimum absolute atomic E-state index is 0.0581. The van der Waals surface area contributed by atoms with Gasteiger partial charge in [0.05, 0.1) is 24.4 Å². The van der Waals surface area contributed by atoms with Gasteiger partial charge in [-0.1, -0.05) is 22.8 Å². The van der Waals surface area contributed by atoms with E-state index in [2.05, 4.69) is 35.0 Å². The number of nitrogens with zero attached hydrogens (tertiary/aromatic N) is 7. The van der Waals surface area contributed by atoms with Crippen molar-refractivity contribution >= 4 is 27.6 Å². The molecule has 4 heterocycles. The second kappa shape index (κ2) is 10.6. The molecule has 190 valence electrons. The van der Waals surface area contributed by atoms with Crippen LogP contribution < -0.4 is 9.46 Å². The van der Waals surface area contributed by atoms with Gasteiger partial charge in [0.2, 0.25) is 21.9 Å². The number of aromatic nitrogens is 7. The summed E-state index contributed by atoms with van der Waals surface area (Å²) in [4.78, 5) is 12.6. The van der Waals surface area contributed by atoms with Crippen molar-refractivity contribution in [1.29, 1.82) is 0 Å². The van der Waals surface area contributed by atoms with Gasteiger partial charge in [-0.2, -0.15) is 0 Å². The first-order chi connectivity index (χ1) is 17.2. The van der Waals surface area contributed by atoms with Crippen LogP contribution in [0.15, 0.2) is 47.4 Å². The van der Waals surface area contributed by atoms with Crippen LogP contribution in [0.4, 0.5) is 5.95 Å². The Morgan fingerprint density at radius 3 is 2.50 bits per heavy atom. The Kier molecular flexibility index (Phi) is 7.47. The molecule has 0 radical (unpaired) electrons. The number of rotatable bonds is 10. The van der Waals surface area contributed by atoms with Crippen LogP contribution in [-0.2, 0) is 14.8 Å². The summed E-state index contributed by atoms with van der Waals surface area (Å²) in [6.07, 6.45) is 3.24. The summed E-state index contributed by atoms with van der Waals surface area (Å²) in [7, 11) is -1.23. The van der Waals surface area contributed by atoms with E-state index in [-0.39, 0.29) is 17.6 Å². The zero-order chi connectivity index (χ0) is 25.9. The fourth-order valence-corrected chi connectivity index (χ4v) is 4.72. The van der Waals surface area contributed by atoms with Crippen molar-refractivity contribution in [2.45, 2.75) is 31.2 Å². The van der Waals surface area contributed by atoms with E-state index in [4.69, 9.17) is 25.6 Å². The Morgan fingerprint density at radius 1 is 1.11 bits per heavy atom. The Balaban J connectivity index is 1.73. The number of pyridine rings is 1. The molecular formula is C21H23ClN8O5S. The summed E-state index contributed by atoms with van der Waals surface area (Å²) >= 11 is 5.86. The molecule has 13 nitrogen and oxygen atoms in total. The molecule has 0 saturated carbocycles. The van der Waals surface area contributed by atoms with Crippen LogP contribution in [0.2, 0.25) is 5.02 Å². The van der Waals surface area contributed by atoms with Crippen molar-refractivity contribution in [2.24, 2.45) is 0 Å². The third-order valence-electron chi connectivity index (χ3n) is 5.41. The van der Waals surface area contributed by atoms with Crippen LogP contribution in [0.5, 0.6) is 5.88 Å². The highest BCUT2D eigenvalue weighted by Crippen LogP contribution is 2.31. The van der Waals surface area contributed by atoms with Crippen LogP contribution in [-0.4, -0.2) is 62.8 Å². The normalized spacial score (nSPS) is 14.2. The molecule has 0 aliphatic heterocycles. The third kappa shape index (κ3) is 5.15. The van der Waals surface area contributed by atoms with Gasteiger partial charge in [0.15, 0.2) is 17.4 Å². The minimum Gasteiger partial charge on any atom is -0.481 e.